The molecule has 22 N–H and O–H groups in total. The van der Waals surface area contributed by atoms with Crippen LogP contribution >= 0.6 is 0 Å². The van der Waals surface area contributed by atoms with Gasteiger partial charge in [-0.05, 0) is 103 Å². The predicted octanol–water partition coefficient (Wildman–Crippen LogP) is -8.35. The number of guanidine groups is 1. The number of anilines is 3. The summed E-state index contributed by atoms with van der Waals surface area (Å²) in [5.74, 6) is -18.1. The molecule has 0 aliphatic carbocycles. The van der Waals surface area contributed by atoms with E-state index in [4.69, 9.17) is 20.6 Å². The molecule has 3 aliphatic heterocycles. The largest absolute Gasteiger partial charge is 3.00 e. The molecule has 15 amide bonds. The van der Waals surface area contributed by atoms with Crippen molar-refractivity contribution in [3.63, 3.8) is 0 Å². The van der Waals surface area contributed by atoms with Gasteiger partial charge in [0.1, 0.15) is 70.9 Å². The summed E-state index contributed by atoms with van der Waals surface area (Å²) in [5, 5.41) is 144. The third-order valence-electron chi connectivity index (χ3n) is 21.1. The average Bonchev–Trinajstić information content (AvgIpc) is 0.743. The number of carbonyl (C=O) groups excluding carboxylic acids is 16. The van der Waals surface area contributed by atoms with E-state index < -0.39 is 255 Å². The normalized spacial score (nSPS) is 17.9. The molecule has 11 atom stereocenters. The van der Waals surface area contributed by atoms with Crippen molar-refractivity contribution >= 4 is 147 Å². The first kappa shape index (κ1) is 107. The molecule has 0 unspecified atom stereocenters. The number of esters is 1. The monoisotopic (exact) mass is 1900 g/mol. The molecule has 4 aromatic rings. The molecule has 2 fully saturated rings. The van der Waals surface area contributed by atoms with Gasteiger partial charge < -0.3 is 155 Å². The van der Waals surface area contributed by atoms with E-state index in [0.29, 0.717) is 5.52 Å². The number of carboxylic acids is 1. The van der Waals surface area contributed by atoms with E-state index in [1.165, 1.54) is 39.3 Å². The molecule has 51 nitrogen and oxygen atoms in total. The topological polar surface area (TPSA) is 759 Å². The van der Waals surface area contributed by atoms with Crippen molar-refractivity contribution in [1.82, 2.24) is 83.4 Å². The van der Waals surface area contributed by atoms with Crippen LogP contribution in [0.15, 0.2) is 41.3 Å². The van der Waals surface area contributed by atoms with Crippen molar-refractivity contribution in [2.24, 2.45) is 5.73 Å². The Bertz CT molecular complexity index is 4910. The van der Waals surface area contributed by atoms with Gasteiger partial charge in [-0.3, -0.25) is 87.4 Å². The summed E-state index contributed by atoms with van der Waals surface area (Å²) < 4.78 is 28.2. The number of hydrogen-bond donors (Lipinski definition) is 21. The summed E-state index contributed by atoms with van der Waals surface area (Å²) in [6, 6.07) is -10.3. The number of nitrogens with one attached hydrogen (secondary N) is 15. The van der Waals surface area contributed by atoms with Gasteiger partial charge in [-0.2, -0.15) is 0 Å². The van der Waals surface area contributed by atoms with E-state index in [2.05, 4.69) is 74.4 Å². The third kappa shape index (κ3) is 31.4. The van der Waals surface area contributed by atoms with Crippen molar-refractivity contribution in [1.29, 1.82) is 5.41 Å². The van der Waals surface area contributed by atoms with Crippen molar-refractivity contribution in [2.45, 2.75) is 184 Å². The minimum absolute atomic E-state index is 0. The number of hydroxylamine groups is 4. The Morgan fingerprint density at radius 3 is 1.86 bits per heavy atom. The molecular formula is C79H108FFeN22O29. The van der Waals surface area contributed by atoms with E-state index in [1.54, 1.807) is 11.8 Å². The first-order valence-corrected chi connectivity index (χ1v) is 41.9. The molecule has 7 rings (SSSR count). The molecule has 132 heavy (non-hydrogen) atoms. The molecule has 2 aromatic heterocycles. The smallest absolute Gasteiger partial charge is 0.873 e. The van der Waals surface area contributed by atoms with Gasteiger partial charge in [0.05, 0.1) is 49.6 Å². The number of ether oxygens (including phenoxy) is 2. The molecule has 53 heteroatoms. The van der Waals surface area contributed by atoms with Crippen LogP contribution in [-0.4, -0.2) is 305 Å². The zero-order valence-corrected chi connectivity index (χ0v) is 73.1. The van der Waals surface area contributed by atoms with Crippen molar-refractivity contribution in [3.8, 4) is 11.5 Å². The number of carboxylic acid groups (broad SMARTS) is 1. The van der Waals surface area contributed by atoms with Crippen LogP contribution in [0, 0.1) is 21.6 Å². The number of halogens is 1. The zero-order chi connectivity index (χ0) is 96.5. The second kappa shape index (κ2) is 52.4. The first-order chi connectivity index (χ1) is 62.3. The summed E-state index contributed by atoms with van der Waals surface area (Å²) in [4.78, 5) is 241. The van der Waals surface area contributed by atoms with Crippen molar-refractivity contribution < 1.29 is 153 Å². The van der Waals surface area contributed by atoms with Crippen LogP contribution < -0.4 is 105 Å². The molecule has 2 aromatic carbocycles. The van der Waals surface area contributed by atoms with Gasteiger partial charge in [0.15, 0.2) is 24.8 Å². The summed E-state index contributed by atoms with van der Waals surface area (Å²) in [6.45, 7) is -0.267. The Balaban J connectivity index is 0.0000268. The molecule has 723 valence electrons. The first-order valence-electron chi connectivity index (χ1n) is 41.9. The molecule has 1 radical (unpaired) electrons. The Morgan fingerprint density at radius 2 is 1.24 bits per heavy atom. The van der Waals surface area contributed by atoms with Crippen LogP contribution in [0.4, 0.5) is 26.4 Å². The number of rotatable bonds is 43. The number of hydrogen-bond acceptors (Lipinski definition) is 31. The van der Waals surface area contributed by atoms with E-state index in [0.717, 1.165) is 25.1 Å². The number of amides is 15. The van der Waals surface area contributed by atoms with Crippen LogP contribution in [0.5, 0.6) is 11.5 Å². The number of aliphatic hydroxyl groups is 4. The van der Waals surface area contributed by atoms with Gasteiger partial charge >= 0.3 is 35.1 Å². The Morgan fingerprint density at radius 1 is 0.667 bits per heavy atom. The molecule has 2 saturated heterocycles. The second-order valence-corrected chi connectivity index (χ2v) is 30.6. The number of piperazine rings is 1. The maximum Gasteiger partial charge on any atom is 3.00 e. The number of benzene rings is 2. The number of aromatic nitrogens is 2. The Labute approximate surface area is 762 Å². The van der Waals surface area contributed by atoms with Gasteiger partial charge in [0, 0.05) is 115 Å². The number of pyridine rings is 2. The fourth-order valence-corrected chi connectivity index (χ4v) is 14.1. The van der Waals surface area contributed by atoms with Gasteiger partial charge in [-0.25, -0.2) is 18.5 Å². The summed E-state index contributed by atoms with van der Waals surface area (Å²) in [6.07, 6.45) is -7.22. The van der Waals surface area contributed by atoms with Crippen LogP contribution in [0.3, 0.4) is 0 Å². The SMILES string of the molecule is CCn1cc(C(=O)O)c(=O)c2cc(F)c(N3CCN(C(=O)OCOC(=O)CCC(=O)NCCNC(=O)CCC(=O)Nc4cc5cc([O-])c([O-])cc5[n+]5c4NCC[C@H]5C(=O)N[C@H](CO)C(=O)N[C@@H](CCCNC(=N)N)C(=O)N[C@H](CO)C(=O)N[C@@H](CCCN([O-])C=O)C(=O)N[C@H]4CCCCNC(=O)[C@H]([C@@H](C)O)NC(=O)[C@H]([C@@H](C)O)NC(=O)[C@H](CCCN([O-])C=O)NC4=O)CC3)cc21.[Fe+3]. The average molecular weight is 1900 g/mol. The fraction of sp³-hybridized carbons (Fsp3) is 0.544. The quantitative estimate of drug-likeness (QED) is 0.00225. The molecule has 3 aliphatic rings. The van der Waals surface area contributed by atoms with E-state index in [-0.39, 0.29) is 197 Å². The number of nitrogens with zero attached hydrogens (tertiary/aromatic N) is 6. The second-order valence-electron chi connectivity index (χ2n) is 30.6. The van der Waals surface area contributed by atoms with Gasteiger partial charge in [0.25, 0.3) is 11.7 Å². The Kier molecular flexibility index (Phi) is 42.6. The fourth-order valence-electron chi connectivity index (χ4n) is 14.1. The predicted molar refractivity (Wildman–Crippen MR) is 450 cm³/mol. The van der Waals surface area contributed by atoms with Gasteiger partial charge in [0.2, 0.25) is 77.2 Å². The Hall–Kier alpha value is -13.5. The molecule has 0 spiro atoms. The van der Waals surface area contributed by atoms with E-state index >= 15 is 4.39 Å². The van der Waals surface area contributed by atoms with Crippen LogP contribution in [0.25, 0.3) is 21.8 Å². The number of aryl methyl sites for hydroxylation is 1. The number of aliphatic hydroxyl groups excluding tert-OH is 4. The van der Waals surface area contributed by atoms with E-state index in [9.17, 15) is 132 Å². The molecule has 0 bridgehead atoms. The van der Waals surface area contributed by atoms with Crippen molar-refractivity contribution in [3.05, 3.63) is 68.5 Å². The number of fused-ring (bicyclic) bond motifs is 4. The minimum atomic E-state index is -2.04. The summed E-state index contributed by atoms with van der Waals surface area (Å²) in [7, 11) is 0. The van der Waals surface area contributed by atoms with Crippen molar-refractivity contribution in [2.75, 3.05) is 108 Å². The maximum absolute atomic E-state index is 15.4. The maximum atomic E-state index is 15.4. The zero-order valence-electron chi connectivity index (χ0n) is 72.0. The minimum Gasteiger partial charge on any atom is -0.873 e. The van der Waals surface area contributed by atoms with Gasteiger partial charge in [-0.1, -0.05) is 6.07 Å². The molecular weight excluding hydrogens is 1800 g/mol. The number of carbonyl (C=O) groups is 17. The third-order valence-corrected chi connectivity index (χ3v) is 21.1. The van der Waals surface area contributed by atoms with Crippen LogP contribution in [0.1, 0.15) is 127 Å². The standard InChI is InChI=1S/C79H109FN22O29.Fe/c1-4-97-35-45(77(125)126)66(115)44-32-46(80)57(33-56(44)97)98-26-28-99(29-27-98)79(127)131-40-130-63(114)17-16-61(112)84-23-22-83-60(111)14-15-62(113)88-51-30-43-31-58(109)59(110)34-55(43)102-54(18-21-85-67(51)102)74(122)94-53(37-104)73(121)91-48(11-7-20-87-78(81)82)70(118)93-52(36-103)72(120)92-49(12-8-24-100(128)38-105)69(117)89-47-10-5-6-19-86-75(123)64(41(2)107)96-76(124)65(42(3)108)95-71(119)50(90-68(47)116)13-9-25-101(129)39-106;/h30-35,38-39,41-42,47-50,52-54,64-65,103-104,107-108H,4-29,36-37,40H2,1-3H3,(H19,81,82,83,84,85,86,87,88,89,90,91,92,93,94,95,96,109,110,111,112,113,116,117,118,119,120,121,122,123,124,125,126);/q-2;+3/p-1/t41-,42-,47+,48+,49+,50+,52-,53-,54+,64+,65+;/m1./s1. The summed E-state index contributed by atoms with van der Waals surface area (Å²) in [5.41, 5.74) is 4.44. The number of nitrogens with two attached hydrogens (primary N) is 1. The number of aromatic carboxylic acids is 1. The van der Waals surface area contributed by atoms with Crippen LogP contribution in [-0.2, 0) is 105 Å². The summed E-state index contributed by atoms with van der Waals surface area (Å²) >= 11 is 0. The molecule has 0 saturated carbocycles. The van der Waals surface area contributed by atoms with E-state index in [1.807, 2.05) is 0 Å². The van der Waals surface area contributed by atoms with Gasteiger partial charge in [-0.15, -0.1) is 11.5 Å². The van der Waals surface area contributed by atoms with Crippen LogP contribution in [0.2, 0.25) is 0 Å². The molecule has 5 heterocycles.